The van der Waals surface area contributed by atoms with Crippen LogP contribution in [0.2, 0.25) is 0 Å². The number of halogens is 2. The minimum atomic E-state index is -0.0481. The molecule has 1 N–H and O–H groups in total. The summed E-state index contributed by atoms with van der Waals surface area (Å²) in [5.74, 6) is 0.839. The normalized spacial score (nSPS) is 10.6. The van der Waals surface area contributed by atoms with E-state index in [1.807, 2.05) is 12.1 Å². The standard InChI is InChI=1S/C14H15Br2N3O/c1-2-4-17-13-6-10(3-5-18-13)8-19-9-11(15)7-12(16)14(19)20/h3,5-7,9H,2,4,8H2,1H3,(H,17,18). The van der Waals surface area contributed by atoms with Crippen molar-refractivity contribution in [2.75, 3.05) is 11.9 Å². The lowest BCUT2D eigenvalue weighted by molar-refractivity contribution is 0.750. The molecule has 0 fully saturated rings. The quantitative estimate of drug-likeness (QED) is 0.833. The van der Waals surface area contributed by atoms with Crippen LogP contribution in [0.1, 0.15) is 18.9 Å². The molecular formula is C14H15Br2N3O. The molecule has 0 unspecified atom stereocenters. The summed E-state index contributed by atoms with van der Waals surface area (Å²) < 4.78 is 3.07. The maximum Gasteiger partial charge on any atom is 0.265 e. The first-order valence-corrected chi connectivity index (χ1v) is 7.93. The highest BCUT2D eigenvalue weighted by molar-refractivity contribution is 9.11. The van der Waals surface area contributed by atoms with Crippen LogP contribution in [-0.2, 0) is 6.54 Å². The first kappa shape index (κ1) is 15.3. The molecule has 0 saturated heterocycles. The third-order valence-corrected chi connectivity index (χ3v) is 3.74. The number of pyridine rings is 2. The first-order valence-electron chi connectivity index (χ1n) is 6.34. The van der Waals surface area contributed by atoms with Gasteiger partial charge in [-0.2, -0.15) is 0 Å². The number of nitrogens with zero attached hydrogens (tertiary/aromatic N) is 2. The van der Waals surface area contributed by atoms with Gasteiger partial charge in [-0.15, -0.1) is 0 Å². The fourth-order valence-electron chi connectivity index (χ4n) is 1.80. The van der Waals surface area contributed by atoms with Gasteiger partial charge in [-0.1, -0.05) is 6.92 Å². The van der Waals surface area contributed by atoms with Crippen LogP contribution >= 0.6 is 31.9 Å². The summed E-state index contributed by atoms with van der Waals surface area (Å²) in [6.45, 7) is 3.51. The number of hydrogen-bond acceptors (Lipinski definition) is 3. The molecular weight excluding hydrogens is 386 g/mol. The van der Waals surface area contributed by atoms with Gasteiger partial charge in [-0.05, 0) is 62.0 Å². The van der Waals surface area contributed by atoms with Crippen molar-refractivity contribution in [3.63, 3.8) is 0 Å². The lowest BCUT2D eigenvalue weighted by atomic mass is 10.2. The Balaban J connectivity index is 2.24. The molecule has 0 saturated carbocycles. The Hall–Kier alpha value is -1.14. The Morgan fingerprint density at radius 3 is 2.90 bits per heavy atom. The van der Waals surface area contributed by atoms with Gasteiger partial charge in [0, 0.05) is 23.4 Å². The molecule has 2 aromatic heterocycles. The summed E-state index contributed by atoms with van der Waals surface area (Å²) in [7, 11) is 0. The predicted octanol–water partition coefficient (Wildman–Crippen LogP) is 3.64. The van der Waals surface area contributed by atoms with E-state index in [0.717, 1.165) is 28.8 Å². The fraction of sp³-hybridized carbons (Fsp3) is 0.286. The molecule has 0 atom stereocenters. The molecule has 0 radical (unpaired) electrons. The number of nitrogens with one attached hydrogen (secondary N) is 1. The second kappa shape index (κ2) is 7.04. The van der Waals surface area contributed by atoms with Crippen molar-refractivity contribution in [1.29, 1.82) is 0 Å². The number of rotatable bonds is 5. The Morgan fingerprint density at radius 2 is 2.15 bits per heavy atom. The van der Waals surface area contributed by atoms with Crippen LogP contribution in [0.3, 0.4) is 0 Å². The summed E-state index contributed by atoms with van der Waals surface area (Å²) in [5.41, 5.74) is 0.985. The summed E-state index contributed by atoms with van der Waals surface area (Å²) in [6.07, 6.45) is 4.59. The van der Waals surface area contributed by atoms with Crippen molar-refractivity contribution in [3.8, 4) is 0 Å². The second-order valence-corrected chi connectivity index (χ2v) is 6.19. The molecule has 0 aliphatic rings. The third-order valence-electron chi connectivity index (χ3n) is 2.74. The van der Waals surface area contributed by atoms with Gasteiger partial charge in [0.25, 0.3) is 5.56 Å². The molecule has 6 heteroatoms. The van der Waals surface area contributed by atoms with Crippen LogP contribution < -0.4 is 10.9 Å². The average Bonchev–Trinajstić information content (AvgIpc) is 2.42. The Morgan fingerprint density at radius 1 is 1.35 bits per heavy atom. The average molecular weight is 401 g/mol. The minimum Gasteiger partial charge on any atom is -0.370 e. The van der Waals surface area contributed by atoms with Crippen molar-refractivity contribution in [2.24, 2.45) is 0 Å². The van der Waals surface area contributed by atoms with Crippen molar-refractivity contribution in [2.45, 2.75) is 19.9 Å². The SMILES string of the molecule is CCCNc1cc(Cn2cc(Br)cc(Br)c2=O)ccn1. The van der Waals surface area contributed by atoms with Crippen LogP contribution in [0.15, 0.2) is 44.3 Å². The van der Waals surface area contributed by atoms with Crippen molar-refractivity contribution in [1.82, 2.24) is 9.55 Å². The minimum absolute atomic E-state index is 0.0481. The topological polar surface area (TPSA) is 46.9 Å². The number of anilines is 1. The molecule has 0 bridgehead atoms. The van der Waals surface area contributed by atoms with E-state index in [1.54, 1.807) is 23.0 Å². The van der Waals surface area contributed by atoms with E-state index in [2.05, 4.69) is 49.1 Å². The summed E-state index contributed by atoms with van der Waals surface area (Å²) in [6, 6.07) is 5.63. The van der Waals surface area contributed by atoms with Crippen molar-refractivity contribution in [3.05, 3.63) is 55.5 Å². The molecule has 0 spiro atoms. The highest BCUT2D eigenvalue weighted by Gasteiger charge is 2.05. The van der Waals surface area contributed by atoms with Gasteiger partial charge in [-0.3, -0.25) is 4.79 Å². The van der Waals surface area contributed by atoms with Gasteiger partial charge < -0.3 is 9.88 Å². The smallest absolute Gasteiger partial charge is 0.265 e. The zero-order valence-electron chi connectivity index (χ0n) is 11.1. The van der Waals surface area contributed by atoms with E-state index in [0.29, 0.717) is 11.0 Å². The molecule has 0 amide bonds. The van der Waals surface area contributed by atoms with Crippen LogP contribution in [0.5, 0.6) is 0 Å². The maximum absolute atomic E-state index is 12.0. The lowest BCUT2D eigenvalue weighted by Crippen LogP contribution is -2.20. The molecule has 0 aliphatic carbocycles. The summed E-state index contributed by atoms with van der Waals surface area (Å²) >= 11 is 6.67. The molecule has 0 aliphatic heterocycles. The van der Waals surface area contributed by atoms with Gasteiger partial charge in [0.05, 0.1) is 11.0 Å². The number of hydrogen-bond donors (Lipinski definition) is 1. The molecule has 4 nitrogen and oxygen atoms in total. The zero-order chi connectivity index (χ0) is 14.5. The van der Waals surface area contributed by atoms with Gasteiger partial charge in [-0.25, -0.2) is 4.98 Å². The Kier molecular flexibility index (Phi) is 5.37. The van der Waals surface area contributed by atoms with Gasteiger partial charge in [0.15, 0.2) is 0 Å². The van der Waals surface area contributed by atoms with E-state index in [4.69, 9.17) is 0 Å². The van der Waals surface area contributed by atoms with Crippen molar-refractivity contribution < 1.29 is 0 Å². The lowest BCUT2D eigenvalue weighted by Gasteiger charge is -2.09. The Labute approximate surface area is 134 Å². The van der Waals surface area contributed by atoms with Crippen LogP contribution in [0, 0.1) is 0 Å². The summed E-state index contributed by atoms with van der Waals surface area (Å²) in [5, 5.41) is 3.24. The van der Waals surface area contributed by atoms with Crippen LogP contribution in [0.25, 0.3) is 0 Å². The van der Waals surface area contributed by atoms with Crippen molar-refractivity contribution >= 4 is 37.7 Å². The molecule has 106 valence electrons. The van der Waals surface area contributed by atoms with Gasteiger partial charge in [0.1, 0.15) is 5.82 Å². The van der Waals surface area contributed by atoms with E-state index < -0.39 is 0 Å². The Bertz CT molecular complexity index is 655. The van der Waals surface area contributed by atoms with Gasteiger partial charge in [0.2, 0.25) is 0 Å². The van der Waals surface area contributed by atoms with E-state index in [-0.39, 0.29) is 5.56 Å². The zero-order valence-corrected chi connectivity index (χ0v) is 14.2. The second-order valence-electron chi connectivity index (χ2n) is 4.42. The number of aromatic nitrogens is 2. The molecule has 2 heterocycles. The molecule has 20 heavy (non-hydrogen) atoms. The molecule has 2 rings (SSSR count). The van der Waals surface area contributed by atoms with E-state index in [1.165, 1.54) is 0 Å². The van der Waals surface area contributed by atoms with Crippen LogP contribution in [0.4, 0.5) is 5.82 Å². The molecule has 2 aromatic rings. The van der Waals surface area contributed by atoms with Crippen LogP contribution in [-0.4, -0.2) is 16.1 Å². The highest BCUT2D eigenvalue weighted by Crippen LogP contribution is 2.14. The molecule has 0 aromatic carbocycles. The fourth-order valence-corrected chi connectivity index (χ4v) is 3.06. The van der Waals surface area contributed by atoms with E-state index >= 15 is 0 Å². The monoisotopic (exact) mass is 399 g/mol. The summed E-state index contributed by atoms with van der Waals surface area (Å²) in [4.78, 5) is 16.3. The first-order chi connectivity index (χ1) is 9.60. The third kappa shape index (κ3) is 3.93. The highest BCUT2D eigenvalue weighted by atomic mass is 79.9. The van der Waals surface area contributed by atoms with Gasteiger partial charge >= 0.3 is 0 Å². The maximum atomic E-state index is 12.0. The predicted molar refractivity (Wildman–Crippen MR) is 88.2 cm³/mol. The van der Waals surface area contributed by atoms with E-state index in [9.17, 15) is 4.79 Å². The largest absolute Gasteiger partial charge is 0.370 e.